The zero-order valence-corrected chi connectivity index (χ0v) is 16.6. The summed E-state index contributed by atoms with van der Waals surface area (Å²) in [6.07, 6.45) is -3.02. The monoisotopic (exact) mass is 419 g/mol. The number of hydrogen-bond acceptors (Lipinski definition) is 7. The standard InChI is InChI=1S/C16H20F3N7O.ClH/c1-8(20-4)7-12-22-13(27-25-12)6-5-11-9(2)21-15-23-14(16(17,18)19)24-26(15)10(11)3;/h8,20H,5-7H2,1-4H3;1H. The summed E-state index contributed by atoms with van der Waals surface area (Å²) in [7, 11) is 1.86. The molecule has 3 aromatic rings. The number of aromatic nitrogens is 6. The number of hydrogen-bond donors (Lipinski definition) is 1. The van der Waals surface area contributed by atoms with Gasteiger partial charge in [-0.1, -0.05) is 5.16 Å². The van der Waals surface area contributed by atoms with E-state index in [1.54, 1.807) is 13.8 Å². The van der Waals surface area contributed by atoms with Crippen LogP contribution < -0.4 is 5.32 Å². The number of alkyl halides is 3. The van der Waals surface area contributed by atoms with Gasteiger partial charge in [-0.25, -0.2) is 9.50 Å². The first-order chi connectivity index (χ1) is 12.7. The number of nitrogens with zero attached hydrogens (tertiary/aromatic N) is 6. The molecule has 0 radical (unpaired) electrons. The molecule has 0 aliphatic carbocycles. The van der Waals surface area contributed by atoms with Gasteiger partial charge in [-0.05, 0) is 39.8 Å². The fourth-order valence-corrected chi connectivity index (χ4v) is 2.77. The highest BCUT2D eigenvalue weighted by molar-refractivity contribution is 5.85. The number of likely N-dealkylation sites (N-methyl/N-ethyl adjacent to an activating group) is 1. The first kappa shape index (κ1) is 22.0. The molecule has 0 bridgehead atoms. The van der Waals surface area contributed by atoms with Gasteiger partial charge in [0.2, 0.25) is 5.89 Å². The van der Waals surface area contributed by atoms with Gasteiger partial charge in [0.25, 0.3) is 11.6 Å². The Morgan fingerprint density at radius 1 is 1.14 bits per heavy atom. The predicted molar refractivity (Wildman–Crippen MR) is 96.4 cm³/mol. The van der Waals surface area contributed by atoms with Crippen molar-refractivity contribution in [3.63, 3.8) is 0 Å². The molecular formula is C16H21ClF3N7O. The Morgan fingerprint density at radius 2 is 1.86 bits per heavy atom. The van der Waals surface area contributed by atoms with Crippen molar-refractivity contribution in [2.45, 2.75) is 52.3 Å². The minimum atomic E-state index is -4.61. The Hall–Kier alpha value is -2.27. The summed E-state index contributed by atoms with van der Waals surface area (Å²) in [5, 5.41) is 10.6. The molecule has 3 rings (SSSR count). The largest absolute Gasteiger partial charge is 0.453 e. The maximum Gasteiger partial charge on any atom is 0.453 e. The average molecular weight is 420 g/mol. The fraction of sp³-hybridized carbons (Fsp3) is 0.562. The maximum absolute atomic E-state index is 12.8. The van der Waals surface area contributed by atoms with Crippen molar-refractivity contribution < 1.29 is 17.7 Å². The van der Waals surface area contributed by atoms with Crippen molar-refractivity contribution in [1.82, 2.24) is 35.0 Å². The molecule has 0 aliphatic rings. The Labute approximate surface area is 165 Å². The van der Waals surface area contributed by atoms with Gasteiger partial charge in [-0.2, -0.15) is 23.1 Å². The molecule has 0 aliphatic heterocycles. The van der Waals surface area contributed by atoms with Crippen LogP contribution in [0.5, 0.6) is 0 Å². The van der Waals surface area contributed by atoms with Crippen LogP contribution in [0.1, 0.15) is 41.4 Å². The Bertz CT molecular complexity index is 954. The first-order valence-corrected chi connectivity index (χ1v) is 8.47. The van der Waals surface area contributed by atoms with E-state index in [-0.39, 0.29) is 24.2 Å². The van der Waals surface area contributed by atoms with Crippen LogP contribution in [0.15, 0.2) is 4.52 Å². The second-order valence-electron chi connectivity index (χ2n) is 6.40. The molecule has 0 aromatic carbocycles. The maximum atomic E-state index is 12.8. The predicted octanol–water partition coefficient (Wildman–Crippen LogP) is 2.50. The Kier molecular flexibility index (Phi) is 6.60. The van der Waals surface area contributed by atoms with Gasteiger partial charge in [0.05, 0.1) is 0 Å². The van der Waals surface area contributed by atoms with Crippen LogP contribution in [0.4, 0.5) is 13.2 Å². The van der Waals surface area contributed by atoms with Crippen LogP contribution in [-0.2, 0) is 25.4 Å². The lowest BCUT2D eigenvalue weighted by Gasteiger charge is -2.09. The summed E-state index contributed by atoms with van der Waals surface area (Å²) in [6.45, 7) is 5.44. The molecule has 154 valence electrons. The summed E-state index contributed by atoms with van der Waals surface area (Å²) in [6, 6.07) is 0.224. The molecule has 0 fully saturated rings. The van der Waals surface area contributed by atoms with Gasteiger partial charge in [0, 0.05) is 30.3 Å². The van der Waals surface area contributed by atoms with E-state index in [0.717, 1.165) is 10.1 Å². The van der Waals surface area contributed by atoms with Crippen molar-refractivity contribution >= 4 is 18.2 Å². The lowest BCUT2D eigenvalue weighted by Crippen LogP contribution is -2.24. The molecule has 3 heterocycles. The Morgan fingerprint density at radius 3 is 2.50 bits per heavy atom. The minimum Gasteiger partial charge on any atom is -0.339 e. The molecule has 0 saturated carbocycles. The Balaban J connectivity index is 0.00000280. The molecule has 1 atom stereocenters. The lowest BCUT2D eigenvalue weighted by atomic mass is 10.1. The molecule has 0 amide bonds. The fourth-order valence-electron chi connectivity index (χ4n) is 2.77. The molecule has 0 spiro atoms. The van der Waals surface area contributed by atoms with E-state index in [2.05, 4.69) is 30.5 Å². The highest BCUT2D eigenvalue weighted by atomic mass is 35.5. The smallest absolute Gasteiger partial charge is 0.339 e. The first-order valence-electron chi connectivity index (χ1n) is 8.47. The summed E-state index contributed by atoms with van der Waals surface area (Å²) < 4.78 is 44.9. The van der Waals surface area contributed by atoms with Crippen LogP contribution in [0, 0.1) is 13.8 Å². The van der Waals surface area contributed by atoms with E-state index in [1.807, 2.05) is 14.0 Å². The third kappa shape index (κ3) is 4.58. The third-order valence-corrected chi connectivity index (χ3v) is 4.38. The SMILES string of the molecule is CNC(C)Cc1noc(CCc2c(C)nc3nc(C(F)(F)F)nn3c2C)n1.Cl. The normalized spacial score (nSPS) is 13.0. The molecular weight excluding hydrogens is 399 g/mol. The van der Waals surface area contributed by atoms with Crippen LogP contribution in [0.25, 0.3) is 5.78 Å². The van der Waals surface area contributed by atoms with E-state index < -0.39 is 12.0 Å². The van der Waals surface area contributed by atoms with Gasteiger partial charge >= 0.3 is 6.18 Å². The van der Waals surface area contributed by atoms with E-state index in [1.165, 1.54) is 0 Å². The zero-order chi connectivity index (χ0) is 19.8. The van der Waals surface area contributed by atoms with Gasteiger partial charge < -0.3 is 9.84 Å². The van der Waals surface area contributed by atoms with Crippen molar-refractivity contribution in [2.75, 3.05) is 7.05 Å². The van der Waals surface area contributed by atoms with E-state index in [0.29, 0.717) is 42.4 Å². The zero-order valence-electron chi connectivity index (χ0n) is 15.8. The second kappa shape index (κ2) is 8.39. The van der Waals surface area contributed by atoms with Gasteiger partial charge in [-0.15, -0.1) is 17.5 Å². The van der Waals surface area contributed by atoms with Gasteiger partial charge in [-0.3, -0.25) is 0 Å². The molecule has 3 aromatic heterocycles. The highest BCUT2D eigenvalue weighted by Gasteiger charge is 2.36. The second-order valence-corrected chi connectivity index (χ2v) is 6.40. The molecule has 1 unspecified atom stereocenters. The molecule has 28 heavy (non-hydrogen) atoms. The molecule has 1 N–H and O–H groups in total. The number of fused-ring (bicyclic) bond motifs is 1. The lowest BCUT2D eigenvalue weighted by molar-refractivity contribution is -0.144. The van der Waals surface area contributed by atoms with Crippen molar-refractivity contribution in [3.8, 4) is 0 Å². The number of rotatable bonds is 6. The topological polar surface area (TPSA) is 94.0 Å². The van der Waals surface area contributed by atoms with Gasteiger partial charge in [0.1, 0.15) is 0 Å². The van der Waals surface area contributed by atoms with Crippen molar-refractivity contribution in [1.29, 1.82) is 0 Å². The van der Waals surface area contributed by atoms with E-state index in [9.17, 15) is 13.2 Å². The number of halogens is 4. The van der Waals surface area contributed by atoms with Crippen molar-refractivity contribution in [2.24, 2.45) is 0 Å². The summed E-state index contributed by atoms with van der Waals surface area (Å²) in [4.78, 5) is 12.0. The number of aryl methyl sites for hydroxylation is 3. The molecule has 8 nitrogen and oxygen atoms in total. The average Bonchev–Trinajstić information content (AvgIpc) is 3.21. The quantitative estimate of drug-likeness (QED) is 0.656. The third-order valence-electron chi connectivity index (χ3n) is 4.38. The van der Waals surface area contributed by atoms with Crippen LogP contribution >= 0.6 is 12.4 Å². The van der Waals surface area contributed by atoms with E-state index >= 15 is 0 Å². The van der Waals surface area contributed by atoms with E-state index in [4.69, 9.17) is 4.52 Å². The van der Waals surface area contributed by atoms with Crippen LogP contribution in [0.2, 0.25) is 0 Å². The van der Waals surface area contributed by atoms with Gasteiger partial charge in [0.15, 0.2) is 5.82 Å². The highest BCUT2D eigenvalue weighted by Crippen LogP contribution is 2.27. The van der Waals surface area contributed by atoms with Crippen LogP contribution in [0.3, 0.4) is 0 Å². The van der Waals surface area contributed by atoms with Crippen molar-refractivity contribution in [3.05, 3.63) is 34.5 Å². The minimum absolute atomic E-state index is 0. The molecule has 0 saturated heterocycles. The molecule has 12 heteroatoms. The van der Waals surface area contributed by atoms with Crippen LogP contribution in [-0.4, -0.2) is 42.8 Å². The number of nitrogens with one attached hydrogen (secondary N) is 1. The summed E-state index contributed by atoms with van der Waals surface area (Å²) in [5.41, 5.74) is 1.94. The summed E-state index contributed by atoms with van der Waals surface area (Å²) >= 11 is 0. The summed E-state index contributed by atoms with van der Waals surface area (Å²) in [5.74, 6) is -0.182.